The van der Waals surface area contributed by atoms with E-state index in [1.165, 1.54) is 6.07 Å². The first kappa shape index (κ1) is 16.9. The number of amides is 1. The van der Waals surface area contributed by atoms with Gasteiger partial charge in [0.15, 0.2) is 11.2 Å². The molecule has 1 amide bonds. The van der Waals surface area contributed by atoms with Crippen LogP contribution in [0.3, 0.4) is 0 Å². The van der Waals surface area contributed by atoms with Gasteiger partial charge in [-0.05, 0) is 36.4 Å². The molecule has 2 aromatic carbocycles. The molecule has 6 heteroatoms. The van der Waals surface area contributed by atoms with Gasteiger partial charge in [0.2, 0.25) is 0 Å². The summed E-state index contributed by atoms with van der Waals surface area (Å²) in [6.07, 6.45) is 3.86. The highest BCUT2D eigenvalue weighted by Gasteiger charge is 2.13. The number of aromatic nitrogens is 2. The first-order valence-corrected chi connectivity index (χ1v) is 9.06. The van der Waals surface area contributed by atoms with E-state index >= 15 is 0 Å². The Morgan fingerprint density at radius 3 is 2.72 bits per heavy atom. The van der Waals surface area contributed by atoms with Crippen LogP contribution in [0.2, 0.25) is 0 Å². The molecule has 0 spiro atoms. The van der Waals surface area contributed by atoms with Crippen LogP contribution < -0.4 is 10.7 Å². The fourth-order valence-electron chi connectivity index (χ4n) is 3.24. The number of fused-ring (bicyclic) bond motifs is 2. The number of nitrogens with one attached hydrogen (secondary N) is 1. The highest BCUT2D eigenvalue weighted by Crippen LogP contribution is 2.23. The van der Waals surface area contributed by atoms with Gasteiger partial charge in [-0.3, -0.25) is 9.59 Å². The lowest BCUT2D eigenvalue weighted by Gasteiger charge is -2.07. The van der Waals surface area contributed by atoms with Gasteiger partial charge in [0, 0.05) is 29.7 Å². The summed E-state index contributed by atoms with van der Waals surface area (Å²) in [5, 5.41) is 3.23. The average Bonchev–Trinajstić information content (AvgIpc) is 3.18. The third-order valence-electron chi connectivity index (χ3n) is 4.64. The van der Waals surface area contributed by atoms with Crippen molar-refractivity contribution in [2.75, 3.05) is 5.32 Å². The van der Waals surface area contributed by atoms with Crippen molar-refractivity contribution in [3.63, 3.8) is 0 Å². The predicted molar refractivity (Wildman–Crippen MR) is 111 cm³/mol. The van der Waals surface area contributed by atoms with E-state index in [-0.39, 0.29) is 11.2 Å². The standard InChI is InChI=1S/C23H15N3O3/c27-19-13-21(29-20-9-2-1-8-17(19)20)23(28)24-16-7-5-6-15(12-16)18-14-26-11-4-3-10-22(26)25-18/h1-14H,(H,24,28). The number of nitrogens with zero attached hydrogens (tertiary/aromatic N) is 2. The zero-order valence-electron chi connectivity index (χ0n) is 15.2. The highest BCUT2D eigenvalue weighted by molar-refractivity contribution is 6.03. The van der Waals surface area contributed by atoms with Crippen LogP contribution in [0.25, 0.3) is 27.9 Å². The van der Waals surface area contributed by atoms with Crippen molar-refractivity contribution in [1.29, 1.82) is 0 Å². The molecule has 0 saturated heterocycles. The molecule has 0 radical (unpaired) electrons. The van der Waals surface area contributed by atoms with E-state index < -0.39 is 5.91 Å². The van der Waals surface area contributed by atoms with Crippen LogP contribution in [0.5, 0.6) is 0 Å². The number of anilines is 1. The monoisotopic (exact) mass is 381 g/mol. The smallest absolute Gasteiger partial charge is 0.291 e. The molecule has 0 bridgehead atoms. The van der Waals surface area contributed by atoms with Crippen LogP contribution in [0.4, 0.5) is 5.69 Å². The van der Waals surface area contributed by atoms with E-state index in [1.807, 2.05) is 53.2 Å². The fourth-order valence-corrected chi connectivity index (χ4v) is 3.24. The molecule has 5 aromatic rings. The van der Waals surface area contributed by atoms with Gasteiger partial charge in [0.25, 0.3) is 5.91 Å². The zero-order chi connectivity index (χ0) is 19.8. The largest absolute Gasteiger partial charge is 0.451 e. The normalized spacial score (nSPS) is 11.0. The summed E-state index contributed by atoms with van der Waals surface area (Å²) in [6.45, 7) is 0. The van der Waals surface area contributed by atoms with Crippen LogP contribution in [0.15, 0.2) is 94.4 Å². The molecule has 6 nitrogen and oxygen atoms in total. The third kappa shape index (κ3) is 3.17. The fraction of sp³-hybridized carbons (Fsp3) is 0. The summed E-state index contributed by atoms with van der Waals surface area (Å²) in [6, 6.07) is 21.2. The van der Waals surface area contributed by atoms with Gasteiger partial charge in [-0.2, -0.15) is 0 Å². The minimum absolute atomic E-state index is 0.0353. The predicted octanol–water partition coefficient (Wildman–Crippen LogP) is 4.36. The Bertz CT molecular complexity index is 1400. The number of hydrogen-bond acceptors (Lipinski definition) is 4. The number of imidazole rings is 1. The summed E-state index contributed by atoms with van der Waals surface area (Å²) in [4.78, 5) is 29.5. The topological polar surface area (TPSA) is 76.6 Å². The maximum atomic E-state index is 12.6. The molecule has 0 aliphatic carbocycles. The zero-order valence-corrected chi connectivity index (χ0v) is 15.2. The van der Waals surface area contributed by atoms with Crippen molar-refractivity contribution in [2.45, 2.75) is 0 Å². The number of pyridine rings is 1. The average molecular weight is 381 g/mol. The Morgan fingerprint density at radius 1 is 0.966 bits per heavy atom. The minimum atomic E-state index is -0.486. The molecule has 0 aliphatic heterocycles. The summed E-state index contributed by atoms with van der Waals surface area (Å²) in [5.74, 6) is -0.521. The molecular weight excluding hydrogens is 366 g/mol. The first-order valence-electron chi connectivity index (χ1n) is 9.06. The quantitative estimate of drug-likeness (QED) is 0.504. The summed E-state index contributed by atoms with van der Waals surface area (Å²) >= 11 is 0. The van der Waals surface area contributed by atoms with Crippen LogP contribution in [0, 0.1) is 0 Å². The molecule has 3 aromatic heterocycles. The lowest BCUT2D eigenvalue weighted by atomic mass is 10.1. The highest BCUT2D eigenvalue weighted by atomic mass is 16.3. The molecule has 0 fully saturated rings. The Labute approximate surface area is 165 Å². The molecular formula is C23H15N3O3. The second kappa shape index (κ2) is 6.76. The van der Waals surface area contributed by atoms with Gasteiger partial charge in [0.1, 0.15) is 11.2 Å². The van der Waals surface area contributed by atoms with Crippen LogP contribution >= 0.6 is 0 Å². The Hall–Kier alpha value is -4.19. The van der Waals surface area contributed by atoms with Crippen LogP contribution in [-0.2, 0) is 0 Å². The van der Waals surface area contributed by atoms with E-state index in [9.17, 15) is 9.59 Å². The number of carbonyl (C=O) groups is 1. The number of rotatable bonds is 3. The minimum Gasteiger partial charge on any atom is -0.451 e. The van der Waals surface area contributed by atoms with Gasteiger partial charge in [-0.15, -0.1) is 0 Å². The molecule has 0 unspecified atom stereocenters. The molecule has 3 heterocycles. The molecule has 29 heavy (non-hydrogen) atoms. The molecule has 0 saturated carbocycles. The third-order valence-corrected chi connectivity index (χ3v) is 4.64. The van der Waals surface area contributed by atoms with Gasteiger partial charge < -0.3 is 14.1 Å². The van der Waals surface area contributed by atoms with Crippen molar-refractivity contribution >= 4 is 28.2 Å². The Balaban J connectivity index is 1.46. The van der Waals surface area contributed by atoms with Crippen molar-refractivity contribution in [1.82, 2.24) is 9.38 Å². The second-order valence-electron chi connectivity index (χ2n) is 6.60. The van der Waals surface area contributed by atoms with Crippen LogP contribution in [-0.4, -0.2) is 15.3 Å². The van der Waals surface area contributed by atoms with Crippen LogP contribution in [0.1, 0.15) is 10.6 Å². The van der Waals surface area contributed by atoms with Crippen molar-refractivity contribution in [2.24, 2.45) is 0 Å². The van der Waals surface area contributed by atoms with Crippen molar-refractivity contribution in [3.05, 3.63) is 101 Å². The SMILES string of the molecule is O=C(Nc1cccc(-c2cn3ccccc3n2)c1)c1cc(=O)c2ccccc2o1. The lowest BCUT2D eigenvalue weighted by molar-refractivity contribution is 0.0997. The number of benzene rings is 2. The van der Waals surface area contributed by atoms with E-state index in [4.69, 9.17) is 4.42 Å². The maximum Gasteiger partial charge on any atom is 0.291 e. The molecule has 5 rings (SSSR count). The van der Waals surface area contributed by atoms with Crippen molar-refractivity contribution < 1.29 is 9.21 Å². The van der Waals surface area contributed by atoms with E-state index in [0.29, 0.717) is 16.7 Å². The number of para-hydroxylation sites is 1. The first-order chi connectivity index (χ1) is 14.2. The lowest BCUT2D eigenvalue weighted by Crippen LogP contribution is -2.15. The van der Waals surface area contributed by atoms with Crippen molar-refractivity contribution in [3.8, 4) is 11.3 Å². The second-order valence-corrected chi connectivity index (χ2v) is 6.60. The number of carbonyl (C=O) groups excluding carboxylic acids is 1. The maximum absolute atomic E-state index is 12.6. The Morgan fingerprint density at radius 2 is 1.83 bits per heavy atom. The van der Waals surface area contributed by atoms with Gasteiger partial charge in [-0.1, -0.05) is 30.3 Å². The molecule has 140 valence electrons. The van der Waals surface area contributed by atoms with E-state index in [0.717, 1.165) is 16.9 Å². The number of hydrogen-bond donors (Lipinski definition) is 1. The van der Waals surface area contributed by atoms with E-state index in [2.05, 4.69) is 10.3 Å². The van der Waals surface area contributed by atoms with E-state index in [1.54, 1.807) is 30.3 Å². The molecule has 1 N–H and O–H groups in total. The summed E-state index contributed by atoms with van der Waals surface area (Å²) in [7, 11) is 0. The van der Waals surface area contributed by atoms with Gasteiger partial charge in [0.05, 0.1) is 11.1 Å². The molecule has 0 aliphatic rings. The molecule has 0 atom stereocenters. The van der Waals surface area contributed by atoms with Gasteiger partial charge in [-0.25, -0.2) is 4.98 Å². The Kier molecular flexibility index (Phi) is 3.95. The summed E-state index contributed by atoms with van der Waals surface area (Å²) in [5.41, 5.74) is 3.21. The summed E-state index contributed by atoms with van der Waals surface area (Å²) < 4.78 is 7.54. The van der Waals surface area contributed by atoms with Gasteiger partial charge >= 0.3 is 0 Å².